The molecule has 1 aliphatic heterocycles. The third-order valence-corrected chi connectivity index (χ3v) is 5.17. The van der Waals surface area contributed by atoms with E-state index in [1.807, 2.05) is 32.0 Å². The van der Waals surface area contributed by atoms with Crippen LogP contribution in [0.25, 0.3) is 0 Å². The summed E-state index contributed by atoms with van der Waals surface area (Å²) in [6, 6.07) is 11.8. The largest absolute Gasteiger partial charge is 0.473 e. The highest BCUT2D eigenvalue weighted by atomic mass is 16.5. The maximum absolute atomic E-state index is 12.1. The number of hydrogen-bond acceptors (Lipinski definition) is 3. The number of aryl methyl sites for hydroxylation is 2. The van der Waals surface area contributed by atoms with Crippen molar-refractivity contribution in [3.63, 3.8) is 0 Å². The molecule has 1 saturated heterocycles. The lowest BCUT2D eigenvalue weighted by Crippen LogP contribution is -2.32. The fraction of sp³-hybridized carbons (Fsp3) is 0.409. The Morgan fingerprint density at radius 2 is 1.63 bits per heavy atom. The number of benzene rings is 2. The summed E-state index contributed by atoms with van der Waals surface area (Å²) in [7, 11) is 0. The van der Waals surface area contributed by atoms with Gasteiger partial charge in [-0.3, -0.25) is 0 Å². The van der Waals surface area contributed by atoms with E-state index in [2.05, 4.69) is 40.7 Å². The minimum atomic E-state index is -0.274. The first-order valence-electron chi connectivity index (χ1n) is 9.64. The van der Waals surface area contributed by atoms with Crippen molar-refractivity contribution in [2.75, 3.05) is 30.0 Å². The molecule has 5 heteroatoms. The Morgan fingerprint density at radius 1 is 0.963 bits per heavy atom. The number of anilines is 2. The molecule has 0 aliphatic carbocycles. The Bertz CT molecular complexity index is 781. The van der Waals surface area contributed by atoms with Crippen LogP contribution in [-0.2, 0) is 0 Å². The van der Waals surface area contributed by atoms with Gasteiger partial charge in [0.25, 0.3) is 0 Å². The molecule has 0 unspecified atom stereocenters. The zero-order chi connectivity index (χ0) is 19.2. The minimum absolute atomic E-state index is 0.128. The number of nitrogens with one attached hydrogen (secondary N) is 2. The van der Waals surface area contributed by atoms with Crippen LogP contribution in [0.1, 0.15) is 36.0 Å². The van der Waals surface area contributed by atoms with Gasteiger partial charge in [0.2, 0.25) is 0 Å². The van der Waals surface area contributed by atoms with E-state index in [1.54, 1.807) is 0 Å². The molecule has 27 heavy (non-hydrogen) atoms. The molecule has 0 radical (unpaired) electrons. The van der Waals surface area contributed by atoms with Crippen molar-refractivity contribution in [1.82, 2.24) is 5.32 Å². The maximum atomic E-state index is 12.1. The van der Waals surface area contributed by atoms with Crippen LogP contribution < -0.4 is 20.3 Å². The molecule has 1 heterocycles. The van der Waals surface area contributed by atoms with E-state index < -0.39 is 0 Å². The molecule has 1 aliphatic rings. The van der Waals surface area contributed by atoms with Gasteiger partial charge in [0.1, 0.15) is 5.75 Å². The number of piperidine rings is 1. The summed E-state index contributed by atoms with van der Waals surface area (Å²) in [6.45, 7) is 8.44. The van der Waals surface area contributed by atoms with E-state index in [-0.39, 0.29) is 12.8 Å². The topological polar surface area (TPSA) is 53.6 Å². The average molecular weight is 367 g/mol. The minimum Gasteiger partial charge on any atom is -0.473 e. The van der Waals surface area contributed by atoms with Gasteiger partial charge >= 0.3 is 6.03 Å². The van der Waals surface area contributed by atoms with Crippen molar-refractivity contribution in [2.45, 2.75) is 40.0 Å². The quantitative estimate of drug-likeness (QED) is 0.749. The van der Waals surface area contributed by atoms with Gasteiger partial charge in [-0.25, -0.2) is 4.79 Å². The maximum Gasteiger partial charge on any atom is 0.321 e. The summed E-state index contributed by atoms with van der Waals surface area (Å²) in [5.74, 6) is 0.834. The summed E-state index contributed by atoms with van der Waals surface area (Å²) < 4.78 is 5.78. The van der Waals surface area contributed by atoms with E-state index in [4.69, 9.17) is 4.74 Å². The number of carbonyl (C=O) groups is 1. The van der Waals surface area contributed by atoms with Gasteiger partial charge in [-0.1, -0.05) is 12.1 Å². The molecular weight excluding hydrogens is 338 g/mol. The molecule has 5 nitrogen and oxygen atoms in total. The predicted octanol–water partition coefficient (Wildman–Crippen LogP) is 4.76. The highest BCUT2D eigenvalue weighted by Gasteiger charge is 2.11. The van der Waals surface area contributed by atoms with E-state index in [9.17, 15) is 4.79 Å². The van der Waals surface area contributed by atoms with Crippen molar-refractivity contribution < 1.29 is 9.53 Å². The zero-order valence-corrected chi connectivity index (χ0v) is 16.5. The highest BCUT2D eigenvalue weighted by molar-refractivity contribution is 5.89. The first-order chi connectivity index (χ1) is 13.0. The SMILES string of the molecule is Cc1ccc(C)c(OCNC(=O)Nc2ccc(N3CCCCC3)cc2)c1C. The van der Waals surface area contributed by atoms with Crippen molar-refractivity contribution in [3.8, 4) is 5.75 Å². The molecule has 3 rings (SSSR count). The third kappa shape index (κ3) is 4.94. The Hall–Kier alpha value is -2.69. The molecule has 144 valence electrons. The number of rotatable bonds is 5. The summed E-state index contributed by atoms with van der Waals surface area (Å²) in [4.78, 5) is 14.5. The molecule has 2 aromatic carbocycles. The van der Waals surface area contributed by atoms with Crippen LogP contribution in [-0.4, -0.2) is 25.9 Å². The molecule has 2 N–H and O–H groups in total. The standard InChI is InChI=1S/C22H29N3O2/c1-16-7-8-17(2)21(18(16)3)27-15-23-22(26)24-19-9-11-20(12-10-19)25-13-5-4-6-14-25/h7-12H,4-6,13-15H2,1-3H3,(H2,23,24,26). The van der Waals surface area contributed by atoms with Crippen LogP contribution in [0.2, 0.25) is 0 Å². The van der Waals surface area contributed by atoms with E-state index >= 15 is 0 Å². The Morgan fingerprint density at radius 3 is 2.33 bits per heavy atom. The number of hydrogen-bond donors (Lipinski definition) is 2. The van der Waals surface area contributed by atoms with Crippen LogP contribution in [0.4, 0.5) is 16.2 Å². The molecule has 0 atom stereocenters. The van der Waals surface area contributed by atoms with Crippen molar-refractivity contribution in [2.24, 2.45) is 0 Å². The van der Waals surface area contributed by atoms with Gasteiger partial charge in [0, 0.05) is 24.5 Å². The van der Waals surface area contributed by atoms with Gasteiger partial charge in [0.15, 0.2) is 6.73 Å². The molecule has 0 saturated carbocycles. The number of amides is 2. The Kier molecular flexibility index (Phi) is 6.22. The molecule has 1 fully saturated rings. The smallest absolute Gasteiger partial charge is 0.321 e. The monoisotopic (exact) mass is 367 g/mol. The summed E-state index contributed by atoms with van der Waals surface area (Å²) in [5.41, 5.74) is 5.33. The first-order valence-corrected chi connectivity index (χ1v) is 9.64. The van der Waals surface area contributed by atoms with Crippen molar-refractivity contribution in [3.05, 3.63) is 53.1 Å². The lowest BCUT2D eigenvalue weighted by Gasteiger charge is -2.28. The molecular formula is C22H29N3O2. The number of nitrogens with zero attached hydrogens (tertiary/aromatic N) is 1. The van der Waals surface area contributed by atoms with E-state index in [1.165, 1.54) is 30.5 Å². The second-order valence-electron chi connectivity index (χ2n) is 7.17. The Balaban J connectivity index is 1.49. The average Bonchev–Trinajstić information content (AvgIpc) is 2.69. The number of urea groups is 1. The molecule has 0 aromatic heterocycles. The number of carbonyl (C=O) groups excluding carboxylic acids is 1. The molecule has 0 spiro atoms. The normalized spacial score (nSPS) is 14.0. The fourth-order valence-corrected chi connectivity index (χ4v) is 3.40. The second-order valence-corrected chi connectivity index (χ2v) is 7.17. The second kappa shape index (κ2) is 8.80. The summed E-state index contributed by atoms with van der Waals surface area (Å²) in [6.07, 6.45) is 3.82. The highest BCUT2D eigenvalue weighted by Crippen LogP contribution is 2.25. The summed E-state index contributed by atoms with van der Waals surface area (Å²) in [5, 5.41) is 5.60. The van der Waals surface area contributed by atoms with Crippen LogP contribution in [0.3, 0.4) is 0 Å². The van der Waals surface area contributed by atoms with Crippen LogP contribution in [0, 0.1) is 20.8 Å². The van der Waals surface area contributed by atoms with Gasteiger partial charge < -0.3 is 20.3 Å². The van der Waals surface area contributed by atoms with Gasteiger partial charge in [-0.05, 0) is 81.0 Å². The van der Waals surface area contributed by atoms with Crippen LogP contribution in [0.5, 0.6) is 5.75 Å². The van der Waals surface area contributed by atoms with Crippen LogP contribution >= 0.6 is 0 Å². The molecule has 2 amide bonds. The first kappa shape index (κ1) is 19.1. The Labute approximate surface area is 161 Å². The molecule has 0 bridgehead atoms. The molecule has 2 aromatic rings. The van der Waals surface area contributed by atoms with Gasteiger partial charge in [0.05, 0.1) is 0 Å². The lowest BCUT2D eigenvalue weighted by molar-refractivity contribution is 0.234. The van der Waals surface area contributed by atoms with Gasteiger partial charge in [-0.2, -0.15) is 0 Å². The fourth-order valence-electron chi connectivity index (χ4n) is 3.40. The van der Waals surface area contributed by atoms with Gasteiger partial charge in [-0.15, -0.1) is 0 Å². The summed E-state index contributed by atoms with van der Waals surface area (Å²) >= 11 is 0. The van der Waals surface area contributed by atoms with Crippen molar-refractivity contribution in [1.29, 1.82) is 0 Å². The predicted molar refractivity (Wildman–Crippen MR) is 111 cm³/mol. The lowest BCUT2D eigenvalue weighted by atomic mass is 10.1. The van der Waals surface area contributed by atoms with E-state index in [0.29, 0.717) is 0 Å². The van der Waals surface area contributed by atoms with E-state index in [0.717, 1.165) is 35.7 Å². The third-order valence-electron chi connectivity index (χ3n) is 5.17. The van der Waals surface area contributed by atoms with Crippen molar-refractivity contribution >= 4 is 17.4 Å². The zero-order valence-electron chi connectivity index (χ0n) is 16.5. The van der Waals surface area contributed by atoms with Crippen LogP contribution in [0.15, 0.2) is 36.4 Å². The number of ether oxygens (including phenoxy) is 1.